The Balaban J connectivity index is 1.78. The van der Waals surface area contributed by atoms with Crippen LogP contribution in [-0.4, -0.2) is 36.7 Å². The van der Waals surface area contributed by atoms with Crippen molar-refractivity contribution in [2.45, 2.75) is 49.3 Å². The molecule has 0 spiro atoms. The molecule has 3 heteroatoms. The minimum absolute atomic E-state index is 0.556. The maximum absolute atomic E-state index is 3.76. The summed E-state index contributed by atoms with van der Waals surface area (Å²) in [6.07, 6.45) is 10.8. The molecule has 0 aromatic rings. The molecule has 15 heavy (non-hydrogen) atoms. The zero-order valence-corrected chi connectivity index (χ0v) is 10.7. The van der Waals surface area contributed by atoms with Gasteiger partial charge in [-0.25, -0.2) is 0 Å². The van der Waals surface area contributed by atoms with Crippen molar-refractivity contribution in [2.75, 3.05) is 25.9 Å². The average molecular weight is 228 g/mol. The lowest BCUT2D eigenvalue weighted by atomic mass is 9.88. The van der Waals surface area contributed by atoms with Crippen LogP contribution in [0.25, 0.3) is 0 Å². The smallest absolute Gasteiger partial charge is 0.0281 e. The second-order valence-corrected chi connectivity index (χ2v) is 6.29. The van der Waals surface area contributed by atoms with E-state index in [1.165, 1.54) is 58.2 Å². The first-order valence-corrected chi connectivity index (χ1v) is 7.56. The predicted molar refractivity (Wildman–Crippen MR) is 68.6 cm³/mol. The minimum Gasteiger partial charge on any atom is -0.315 e. The summed E-state index contributed by atoms with van der Waals surface area (Å²) in [6.45, 7) is 3.59. The van der Waals surface area contributed by atoms with E-state index in [4.69, 9.17) is 0 Å². The van der Waals surface area contributed by atoms with Crippen LogP contribution in [0, 0.1) is 0 Å². The van der Waals surface area contributed by atoms with Gasteiger partial charge in [-0.05, 0) is 32.1 Å². The highest BCUT2D eigenvalue weighted by Gasteiger charge is 2.31. The Hall–Kier alpha value is 0.270. The fourth-order valence-electron chi connectivity index (χ4n) is 2.81. The molecule has 2 rings (SSSR count). The first kappa shape index (κ1) is 11.7. The zero-order chi connectivity index (χ0) is 10.6. The van der Waals surface area contributed by atoms with Gasteiger partial charge in [0.05, 0.1) is 0 Å². The molecule has 2 fully saturated rings. The first-order chi connectivity index (χ1) is 7.35. The third-order valence-electron chi connectivity index (χ3n) is 3.97. The van der Waals surface area contributed by atoms with Crippen LogP contribution in [0.3, 0.4) is 0 Å². The van der Waals surface area contributed by atoms with Crippen LogP contribution in [0.4, 0.5) is 0 Å². The van der Waals surface area contributed by atoms with E-state index in [1.54, 1.807) is 0 Å². The molecule has 1 saturated carbocycles. The van der Waals surface area contributed by atoms with Gasteiger partial charge in [-0.3, -0.25) is 0 Å². The van der Waals surface area contributed by atoms with Gasteiger partial charge in [-0.1, -0.05) is 19.3 Å². The van der Waals surface area contributed by atoms with Gasteiger partial charge >= 0.3 is 0 Å². The molecule has 1 aliphatic carbocycles. The molecule has 0 aromatic carbocycles. The van der Waals surface area contributed by atoms with Crippen LogP contribution in [-0.2, 0) is 0 Å². The van der Waals surface area contributed by atoms with Gasteiger partial charge in [0.15, 0.2) is 0 Å². The summed E-state index contributed by atoms with van der Waals surface area (Å²) in [5, 5.41) is 7.18. The molecule has 1 aliphatic heterocycles. The Kier molecular flexibility index (Phi) is 4.35. The van der Waals surface area contributed by atoms with Crippen LogP contribution in [0.5, 0.6) is 0 Å². The van der Waals surface area contributed by atoms with Gasteiger partial charge in [-0.2, -0.15) is 11.8 Å². The highest BCUT2D eigenvalue weighted by Crippen LogP contribution is 2.38. The van der Waals surface area contributed by atoms with E-state index in [1.807, 2.05) is 0 Å². The van der Waals surface area contributed by atoms with Crippen LogP contribution in [0.2, 0.25) is 0 Å². The monoisotopic (exact) mass is 228 g/mol. The number of hydrogen-bond acceptors (Lipinski definition) is 3. The molecule has 88 valence electrons. The maximum atomic E-state index is 3.76. The SMILES string of the molecule is CSC1(CNC2CCNC2)CCCCC1. The van der Waals surface area contributed by atoms with E-state index in [-0.39, 0.29) is 0 Å². The highest BCUT2D eigenvalue weighted by atomic mass is 32.2. The Morgan fingerprint density at radius 2 is 2.13 bits per heavy atom. The second kappa shape index (κ2) is 5.55. The summed E-state index contributed by atoms with van der Waals surface area (Å²) in [4.78, 5) is 0. The van der Waals surface area contributed by atoms with E-state index < -0.39 is 0 Å². The highest BCUT2D eigenvalue weighted by molar-refractivity contribution is 8.00. The van der Waals surface area contributed by atoms with Crippen molar-refractivity contribution in [3.05, 3.63) is 0 Å². The summed E-state index contributed by atoms with van der Waals surface area (Å²) < 4.78 is 0.556. The zero-order valence-electron chi connectivity index (χ0n) is 9.85. The third-order valence-corrected chi connectivity index (χ3v) is 5.39. The van der Waals surface area contributed by atoms with Crippen molar-refractivity contribution in [1.82, 2.24) is 10.6 Å². The maximum Gasteiger partial charge on any atom is 0.0281 e. The largest absolute Gasteiger partial charge is 0.315 e. The van der Waals surface area contributed by atoms with E-state index in [2.05, 4.69) is 28.7 Å². The van der Waals surface area contributed by atoms with Gasteiger partial charge in [0, 0.05) is 23.9 Å². The predicted octanol–water partition coefficient (Wildman–Crippen LogP) is 2.00. The van der Waals surface area contributed by atoms with Gasteiger partial charge in [0.1, 0.15) is 0 Å². The lowest BCUT2D eigenvalue weighted by Crippen LogP contribution is -2.44. The standard InChI is InChI=1S/C12H24N2S/c1-15-12(6-3-2-4-7-12)10-14-11-5-8-13-9-11/h11,13-14H,2-10H2,1H3. The molecular formula is C12H24N2S. The molecule has 2 nitrogen and oxygen atoms in total. The number of thioether (sulfide) groups is 1. The molecule has 1 heterocycles. The molecule has 1 unspecified atom stereocenters. The summed E-state index contributed by atoms with van der Waals surface area (Å²) in [5.41, 5.74) is 0. The van der Waals surface area contributed by atoms with Crippen LogP contribution >= 0.6 is 11.8 Å². The van der Waals surface area contributed by atoms with E-state index in [0.29, 0.717) is 4.75 Å². The Morgan fingerprint density at radius 3 is 2.73 bits per heavy atom. The van der Waals surface area contributed by atoms with Crippen molar-refractivity contribution >= 4 is 11.8 Å². The topological polar surface area (TPSA) is 24.1 Å². The lowest BCUT2D eigenvalue weighted by molar-refractivity contribution is 0.365. The van der Waals surface area contributed by atoms with Crippen molar-refractivity contribution in [1.29, 1.82) is 0 Å². The second-order valence-electron chi connectivity index (χ2n) is 5.02. The number of hydrogen-bond donors (Lipinski definition) is 2. The molecule has 1 saturated heterocycles. The normalized spacial score (nSPS) is 30.6. The first-order valence-electron chi connectivity index (χ1n) is 6.34. The van der Waals surface area contributed by atoms with E-state index in [0.717, 1.165) is 6.04 Å². The molecular weight excluding hydrogens is 204 g/mol. The molecule has 0 amide bonds. The Morgan fingerprint density at radius 1 is 1.33 bits per heavy atom. The summed E-state index contributed by atoms with van der Waals surface area (Å²) in [7, 11) is 0. The number of nitrogens with one attached hydrogen (secondary N) is 2. The Bertz CT molecular complexity index is 184. The van der Waals surface area contributed by atoms with E-state index in [9.17, 15) is 0 Å². The Labute approximate surface area is 98.0 Å². The molecule has 2 aliphatic rings. The van der Waals surface area contributed by atoms with Gasteiger partial charge in [0.2, 0.25) is 0 Å². The summed E-state index contributed by atoms with van der Waals surface area (Å²) in [5.74, 6) is 0. The molecule has 0 bridgehead atoms. The van der Waals surface area contributed by atoms with Crippen molar-refractivity contribution in [2.24, 2.45) is 0 Å². The quantitative estimate of drug-likeness (QED) is 0.769. The third kappa shape index (κ3) is 3.11. The summed E-state index contributed by atoms with van der Waals surface area (Å²) in [6, 6.07) is 0.732. The summed E-state index contributed by atoms with van der Waals surface area (Å²) >= 11 is 2.09. The van der Waals surface area contributed by atoms with Crippen LogP contribution < -0.4 is 10.6 Å². The van der Waals surface area contributed by atoms with Gasteiger partial charge < -0.3 is 10.6 Å². The van der Waals surface area contributed by atoms with Crippen LogP contribution in [0.1, 0.15) is 38.5 Å². The molecule has 2 N–H and O–H groups in total. The fraction of sp³-hybridized carbons (Fsp3) is 1.00. The van der Waals surface area contributed by atoms with Gasteiger partial charge in [-0.15, -0.1) is 0 Å². The fourth-order valence-corrected chi connectivity index (χ4v) is 3.73. The van der Waals surface area contributed by atoms with Crippen molar-refractivity contribution < 1.29 is 0 Å². The van der Waals surface area contributed by atoms with Crippen molar-refractivity contribution in [3.8, 4) is 0 Å². The molecule has 0 aromatic heterocycles. The minimum atomic E-state index is 0.556. The van der Waals surface area contributed by atoms with Crippen LogP contribution in [0.15, 0.2) is 0 Å². The molecule has 0 radical (unpaired) electrons. The van der Waals surface area contributed by atoms with Gasteiger partial charge in [0.25, 0.3) is 0 Å². The number of rotatable bonds is 4. The van der Waals surface area contributed by atoms with E-state index >= 15 is 0 Å². The van der Waals surface area contributed by atoms with Crippen molar-refractivity contribution in [3.63, 3.8) is 0 Å². The molecule has 1 atom stereocenters. The average Bonchev–Trinajstić information content (AvgIpc) is 2.81. The lowest BCUT2D eigenvalue weighted by Gasteiger charge is -2.36.